The Kier molecular flexibility index (Phi) is 2.19. The Balaban J connectivity index is 2.15. The molecule has 0 spiro atoms. The summed E-state index contributed by atoms with van der Waals surface area (Å²) in [6.07, 6.45) is 2.71. The fourth-order valence-electron chi connectivity index (χ4n) is 1.03. The molecule has 0 bridgehead atoms. The van der Waals surface area contributed by atoms with Crippen LogP contribution in [-0.2, 0) is 6.42 Å². The molecule has 0 atom stereocenters. The Morgan fingerprint density at radius 3 is 3.08 bits per heavy atom. The molecule has 2 aromatic heterocycles. The molecule has 2 aromatic rings. The molecule has 0 saturated carbocycles. The quantitative estimate of drug-likeness (QED) is 0.681. The Morgan fingerprint density at radius 1 is 1.42 bits per heavy atom. The Hall–Kier alpha value is -1.15. The van der Waals surface area contributed by atoms with Crippen LogP contribution in [0, 0.1) is 6.07 Å². The molecule has 2 heteroatoms. The summed E-state index contributed by atoms with van der Waals surface area (Å²) in [5.74, 6) is 0. The summed E-state index contributed by atoms with van der Waals surface area (Å²) in [6.45, 7) is 0. The van der Waals surface area contributed by atoms with Gasteiger partial charge in [-0.3, -0.25) is 4.98 Å². The molecule has 0 fully saturated rings. The van der Waals surface area contributed by atoms with E-state index in [-0.39, 0.29) is 0 Å². The van der Waals surface area contributed by atoms with E-state index in [4.69, 9.17) is 0 Å². The van der Waals surface area contributed by atoms with Crippen molar-refractivity contribution in [2.24, 2.45) is 0 Å². The number of aromatic nitrogens is 1. The van der Waals surface area contributed by atoms with Gasteiger partial charge in [0, 0.05) is 23.6 Å². The van der Waals surface area contributed by atoms with Gasteiger partial charge in [-0.15, -0.1) is 11.3 Å². The molecule has 0 amide bonds. The van der Waals surface area contributed by atoms with E-state index in [1.807, 2.05) is 12.1 Å². The summed E-state index contributed by atoms with van der Waals surface area (Å²) >= 11 is 1.76. The maximum atomic E-state index is 4.20. The number of nitrogens with zero attached hydrogens (tertiary/aromatic N) is 1. The average molecular weight is 174 g/mol. The lowest BCUT2D eigenvalue weighted by atomic mass is 10.2. The van der Waals surface area contributed by atoms with E-state index in [0.717, 1.165) is 12.1 Å². The minimum atomic E-state index is 0.901. The van der Waals surface area contributed by atoms with Crippen LogP contribution in [-0.4, -0.2) is 4.98 Å². The topological polar surface area (TPSA) is 12.9 Å². The first kappa shape index (κ1) is 7.50. The predicted octanol–water partition coefficient (Wildman–Crippen LogP) is 2.53. The van der Waals surface area contributed by atoms with Gasteiger partial charge < -0.3 is 0 Å². The predicted molar refractivity (Wildman–Crippen MR) is 50.2 cm³/mol. The lowest BCUT2D eigenvalue weighted by Gasteiger charge is -1.94. The van der Waals surface area contributed by atoms with Crippen LogP contribution in [0.3, 0.4) is 0 Å². The van der Waals surface area contributed by atoms with Crippen LogP contribution >= 0.6 is 11.3 Å². The van der Waals surface area contributed by atoms with Crippen LogP contribution < -0.4 is 0 Å². The lowest BCUT2D eigenvalue weighted by Crippen LogP contribution is -1.87. The Labute approximate surface area is 75.7 Å². The standard InChI is InChI=1S/C10H8NS/c1-2-6-11-9(4-1)8-10-5-3-7-12-10/h1-3,5-7H,8H2. The highest BCUT2D eigenvalue weighted by atomic mass is 32.1. The van der Waals surface area contributed by atoms with Crippen molar-refractivity contribution in [1.82, 2.24) is 4.98 Å². The third kappa shape index (κ3) is 1.71. The van der Waals surface area contributed by atoms with Gasteiger partial charge in [-0.1, -0.05) is 12.1 Å². The highest BCUT2D eigenvalue weighted by Crippen LogP contribution is 2.12. The van der Waals surface area contributed by atoms with Crippen molar-refractivity contribution in [3.63, 3.8) is 0 Å². The number of rotatable bonds is 2. The van der Waals surface area contributed by atoms with Crippen LogP contribution in [0.15, 0.2) is 35.8 Å². The zero-order chi connectivity index (χ0) is 8.23. The van der Waals surface area contributed by atoms with E-state index >= 15 is 0 Å². The molecule has 1 radical (unpaired) electrons. The monoisotopic (exact) mass is 174 g/mol. The van der Waals surface area contributed by atoms with Crippen LogP contribution in [0.4, 0.5) is 0 Å². The largest absolute Gasteiger partial charge is 0.260 e. The van der Waals surface area contributed by atoms with Crippen LogP contribution in [0.2, 0.25) is 0 Å². The molecule has 0 aliphatic rings. The van der Waals surface area contributed by atoms with E-state index in [0.29, 0.717) is 0 Å². The fourth-order valence-corrected chi connectivity index (χ4v) is 1.74. The van der Waals surface area contributed by atoms with Crippen LogP contribution in [0.5, 0.6) is 0 Å². The molecule has 0 aromatic carbocycles. The number of pyridine rings is 1. The van der Waals surface area contributed by atoms with E-state index < -0.39 is 0 Å². The first-order chi connectivity index (χ1) is 5.95. The van der Waals surface area contributed by atoms with Crippen molar-refractivity contribution in [2.45, 2.75) is 6.42 Å². The first-order valence-electron chi connectivity index (χ1n) is 3.79. The molecular formula is C10H8NS. The van der Waals surface area contributed by atoms with Gasteiger partial charge in [0.1, 0.15) is 0 Å². The zero-order valence-corrected chi connectivity index (χ0v) is 7.34. The molecule has 0 saturated heterocycles. The summed E-state index contributed by atoms with van der Waals surface area (Å²) in [6, 6.07) is 11.1. The Morgan fingerprint density at radius 2 is 2.42 bits per heavy atom. The van der Waals surface area contributed by atoms with Gasteiger partial charge in [0.15, 0.2) is 0 Å². The maximum absolute atomic E-state index is 4.20. The zero-order valence-electron chi connectivity index (χ0n) is 6.53. The highest BCUT2D eigenvalue weighted by molar-refractivity contribution is 7.09. The molecule has 0 aliphatic carbocycles. The fraction of sp³-hybridized carbons (Fsp3) is 0.100. The second kappa shape index (κ2) is 3.50. The van der Waals surface area contributed by atoms with Crippen molar-refractivity contribution in [3.05, 3.63) is 52.5 Å². The summed E-state index contributed by atoms with van der Waals surface area (Å²) in [5, 5.41) is 2.08. The van der Waals surface area contributed by atoms with Gasteiger partial charge in [-0.2, -0.15) is 0 Å². The van der Waals surface area contributed by atoms with E-state index in [1.165, 1.54) is 4.88 Å². The van der Waals surface area contributed by atoms with Crippen molar-refractivity contribution in [2.75, 3.05) is 0 Å². The molecule has 59 valence electrons. The molecule has 12 heavy (non-hydrogen) atoms. The van der Waals surface area contributed by atoms with Crippen molar-refractivity contribution < 1.29 is 0 Å². The third-order valence-electron chi connectivity index (χ3n) is 1.58. The van der Waals surface area contributed by atoms with Gasteiger partial charge in [0.2, 0.25) is 0 Å². The SMILES string of the molecule is [c]1cccnc1Cc1cccs1. The Bertz CT molecular complexity index is 326. The number of thiophene rings is 1. The molecule has 0 unspecified atom stereocenters. The minimum absolute atomic E-state index is 0.901. The number of hydrogen-bond acceptors (Lipinski definition) is 2. The van der Waals surface area contributed by atoms with E-state index in [9.17, 15) is 0 Å². The lowest BCUT2D eigenvalue weighted by molar-refractivity contribution is 1.09. The normalized spacial score (nSPS) is 10.0. The van der Waals surface area contributed by atoms with Crippen LogP contribution in [0.1, 0.15) is 10.6 Å². The number of hydrogen-bond donors (Lipinski definition) is 0. The highest BCUT2D eigenvalue weighted by Gasteiger charge is 1.96. The second-order valence-corrected chi connectivity index (χ2v) is 3.52. The van der Waals surface area contributed by atoms with Crippen molar-refractivity contribution in [3.8, 4) is 0 Å². The second-order valence-electron chi connectivity index (χ2n) is 2.48. The molecule has 0 N–H and O–H groups in total. The van der Waals surface area contributed by atoms with Gasteiger partial charge >= 0.3 is 0 Å². The smallest absolute Gasteiger partial charge is 0.0534 e. The first-order valence-corrected chi connectivity index (χ1v) is 4.67. The van der Waals surface area contributed by atoms with Gasteiger partial charge in [0.05, 0.1) is 5.69 Å². The third-order valence-corrected chi connectivity index (χ3v) is 2.46. The summed E-state index contributed by atoms with van der Waals surface area (Å²) in [4.78, 5) is 5.54. The average Bonchev–Trinajstić information content (AvgIpc) is 2.59. The molecule has 2 heterocycles. The van der Waals surface area contributed by atoms with Crippen LogP contribution in [0.25, 0.3) is 0 Å². The van der Waals surface area contributed by atoms with Crippen molar-refractivity contribution >= 4 is 11.3 Å². The molecule has 0 aliphatic heterocycles. The maximum Gasteiger partial charge on any atom is 0.0534 e. The minimum Gasteiger partial charge on any atom is -0.260 e. The molecule has 2 rings (SSSR count). The summed E-state index contributed by atoms with van der Waals surface area (Å²) in [7, 11) is 0. The molecule has 1 nitrogen and oxygen atoms in total. The molecular weight excluding hydrogens is 166 g/mol. The van der Waals surface area contributed by atoms with E-state index in [1.54, 1.807) is 17.5 Å². The summed E-state index contributed by atoms with van der Waals surface area (Å²) in [5.41, 5.74) is 1.01. The summed E-state index contributed by atoms with van der Waals surface area (Å²) < 4.78 is 0. The van der Waals surface area contributed by atoms with Gasteiger partial charge in [-0.05, 0) is 17.5 Å². The van der Waals surface area contributed by atoms with Crippen molar-refractivity contribution in [1.29, 1.82) is 0 Å². The van der Waals surface area contributed by atoms with E-state index in [2.05, 4.69) is 28.6 Å². The van der Waals surface area contributed by atoms with Gasteiger partial charge in [-0.25, -0.2) is 0 Å². The van der Waals surface area contributed by atoms with Gasteiger partial charge in [0.25, 0.3) is 0 Å².